The normalized spacial score (nSPS) is 27.2. The number of aliphatic hydroxyl groups excluding tert-OH is 3. The smallest absolute Gasteiger partial charge is 0.309 e. The van der Waals surface area contributed by atoms with Crippen molar-refractivity contribution < 1.29 is 34.4 Å². The van der Waals surface area contributed by atoms with Crippen LogP contribution in [0.4, 0.5) is 0 Å². The van der Waals surface area contributed by atoms with Crippen LogP contribution >= 0.6 is 0 Å². The lowest BCUT2D eigenvalue weighted by molar-refractivity contribution is -0.156. The number of rotatable bonds is 5. The fourth-order valence-corrected chi connectivity index (χ4v) is 4.19. The molecule has 0 saturated carbocycles. The van der Waals surface area contributed by atoms with Crippen LogP contribution in [0, 0.1) is 11.8 Å². The Morgan fingerprint density at radius 3 is 2.48 bits per heavy atom. The van der Waals surface area contributed by atoms with Gasteiger partial charge in [0.2, 0.25) is 0 Å². The fraction of sp³-hybridized carbons (Fsp3) is 0.485. The second-order valence-electron chi connectivity index (χ2n) is 10.4. The summed E-state index contributed by atoms with van der Waals surface area (Å²) in [7, 11) is 0. The van der Waals surface area contributed by atoms with E-state index < -0.39 is 42.1 Å². The van der Waals surface area contributed by atoms with Crippen molar-refractivity contribution in [3.05, 3.63) is 83.6 Å². The summed E-state index contributed by atoms with van der Waals surface area (Å²) in [6.45, 7) is 10.6. The Balaban J connectivity index is 3.28. The number of Topliss-reactive ketones (excluding diaryl/α,β-unsaturated/α-hetero) is 1. The highest BCUT2D eigenvalue weighted by Gasteiger charge is 2.31. The number of cyclic esters (lactones) is 1. The van der Waals surface area contributed by atoms with E-state index in [1.165, 1.54) is 12.2 Å². The number of ketones is 2. The van der Waals surface area contributed by atoms with Crippen molar-refractivity contribution in [1.29, 1.82) is 0 Å². The van der Waals surface area contributed by atoms with Crippen LogP contribution in [0.1, 0.15) is 67.2 Å². The van der Waals surface area contributed by atoms with E-state index >= 15 is 0 Å². The highest BCUT2D eigenvalue weighted by Crippen LogP contribution is 2.26. The molecule has 0 saturated heterocycles. The number of esters is 1. The number of allylic oxidation sites excluding steroid dienone is 8. The Morgan fingerprint density at radius 1 is 1.10 bits per heavy atom. The SMILES string of the molecule is C/C=C/C(=O)CC[C@@H](C)[C@H]1OC(=O)CC=C(C)[C@H](O)C=C(C)C=CC=C(C)C(=O)[C@@H](O)C=CC=CC[C@H](O)[C@@H]1C. The Kier molecular flexibility index (Phi) is 15.9. The summed E-state index contributed by atoms with van der Waals surface area (Å²) in [6, 6.07) is 0. The maximum Gasteiger partial charge on any atom is 0.309 e. The van der Waals surface area contributed by atoms with Crippen LogP contribution in [-0.4, -0.2) is 57.3 Å². The maximum atomic E-state index is 12.8. The molecule has 1 heterocycles. The van der Waals surface area contributed by atoms with Gasteiger partial charge in [0, 0.05) is 12.3 Å². The Bertz CT molecular complexity index is 1070. The second kappa shape index (κ2) is 18.3. The maximum absolute atomic E-state index is 12.8. The molecule has 220 valence electrons. The van der Waals surface area contributed by atoms with E-state index in [4.69, 9.17) is 4.74 Å². The first-order valence-corrected chi connectivity index (χ1v) is 13.8. The monoisotopic (exact) mass is 554 g/mol. The zero-order chi connectivity index (χ0) is 30.2. The van der Waals surface area contributed by atoms with Crippen LogP contribution in [0.5, 0.6) is 0 Å². The molecule has 6 atom stereocenters. The number of ether oxygens (including phenoxy) is 1. The van der Waals surface area contributed by atoms with Gasteiger partial charge in [0.25, 0.3) is 0 Å². The highest BCUT2D eigenvalue weighted by atomic mass is 16.5. The zero-order valence-corrected chi connectivity index (χ0v) is 24.6. The lowest BCUT2D eigenvalue weighted by Gasteiger charge is -2.32. The molecule has 3 N–H and O–H groups in total. The molecule has 0 bridgehead atoms. The molecule has 40 heavy (non-hydrogen) atoms. The fourth-order valence-electron chi connectivity index (χ4n) is 4.19. The van der Waals surface area contributed by atoms with Gasteiger partial charge in [0.05, 0.1) is 18.6 Å². The molecule has 0 aromatic carbocycles. The largest absolute Gasteiger partial charge is 0.461 e. The summed E-state index contributed by atoms with van der Waals surface area (Å²) in [5, 5.41) is 31.6. The summed E-state index contributed by atoms with van der Waals surface area (Å²) in [6.07, 6.45) is 15.0. The van der Waals surface area contributed by atoms with Crippen LogP contribution in [0.25, 0.3) is 0 Å². The minimum Gasteiger partial charge on any atom is -0.461 e. The van der Waals surface area contributed by atoms with E-state index in [-0.39, 0.29) is 24.5 Å². The number of carbonyl (C=O) groups excluding carboxylic acids is 3. The van der Waals surface area contributed by atoms with E-state index in [0.717, 1.165) is 5.57 Å². The van der Waals surface area contributed by atoms with Gasteiger partial charge in [-0.25, -0.2) is 0 Å². The number of hydrogen-bond acceptors (Lipinski definition) is 7. The molecule has 0 amide bonds. The molecule has 0 spiro atoms. The Morgan fingerprint density at radius 2 is 1.80 bits per heavy atom. The molecule has 0 aromatic heterocycles. The first kappa shape index (κ1) is 34.9. The van der Waals surface area contributed by atoms with Crippen molar-refractivity contribution in [2.45, 2.75) is 91.6 Å². The third-order valence-electron chi connectivity index (χ3n) is 6.91. The quantitative estimate of drug-likeness (QED) is 0.247. The zero-order valence-electron chi connectivity index (χ0n) is 24.6. The highest BCUT2D eigenvalue weighted by molar-refractivity contribution is 5.99. The molecule has 0 aromatic rings. The molecule has 1 aliphatic heterocycles. The standard InChI is InChI=1S/C33H46O7/c1-7-12-27(34)19-17-25(5)33-26(6)28(35)15-9-8-10-16-29(36)32(39)24(4)14-11-13-22(2)21-30(37)23(3)18-20-31(38)40-33/h7-14,16,18,21,25-26,28-30,33,35-37H,15,17,19-20H2,1-6H3/b9-8?,12-7+,13-11?,16-10?,22-21?,23-18?,24-14?/t25-,26+,28+,29+,30-,33-/m1/s1. The molecule has 7 nitrogen and oxygen atoms in total. The first-order chi connectivity index (χ1) is 18.9. The number of aliphatic hydroxyl groups is 3. The second-order valence-corrected chi connectivity index (χ2v) is 10.4. The van der Waals surface area contributed by atoms with Crippen molar-refractivity contribution in [2.24, 2.45) is 11.8 Å². The molecule has 1 aliphatic rings. The topological polar surface area (TPSA) is 121 Å². The van der Waals surface area contributed by atoms with Gasteiger partial charge in [0.15, 0.2) is 11.6 Å². The molecule has 0 fully saturated rings. The minimum atomic E-state index is -1.31. The average molecular weight is 555 g/mol. The molecule has 1 rings (SSSR count). The van der Waals surface area contributed by atoms with Crippen molar-refractivity contribution >= 4 is 17.5 Å². The summed E-state index contributed by atoms with van der Waals surface area (Å²) in [4.78, 5) is 37.3. The summed E-state index contributed by atoms with van der Waals surface area (Å²) < 4.78 is 5.84. The molecule has 7 heteroatoms. The minimum absolute atomic E-state index is 0.0147. The van der Waals surface area contributed by atoms with E-state index in [2.05, 4.69) is 0 Å². The van der Waals surface area contributed by atoms with Gasteiger partial charge in [-0.15, -0.1) is 0 Å². The first-order valence-electron chi connectivity index (χ1n) is 13.8. The third-order valence-corrected chi connectivity index (χ3v) is 6.91. The van der Waals surface area contributed by atoms with Gasteiger partial charge in [-0.05, 0) is 75.8 Å². The molecule has 0 unspecified atom stereocenters. The van der Waals surface area contributed by atoms with Crippen LogP contribution < -0.4 is 0 Å². The van der Waals surface area contributed by atoms with Gasteiger partial charge in [-0.3, -0.25) is 14.4 Å². The molecule has 0 aliphatic carbocycles. The van der Waals surface area contributed by atoms with Gasteiger partial charge in [-0.1, -0.05) is 68.0 Å². The van der Waals surface area contributed by atoms with E-state index in [0.29, 0.717) is 24.0 Å². The van der Waals surface area contributed by atoms with Crippen molar-refractivity contribution in [3.63, 3.8) is 0 Å². The van der Waals surface area contributed by atoms with Crippen molar-refractivity contribution in [2.75, 3.05) is 0 Å². The summed E-state index contributed by atoms with van der Waals surface area (Å²) in [5.74, 6) is -1.56. The van der Waals surface area contributed by atoms with Gasteiger partial charge < -0.3 is 20.1 Å². The van der Waals surface area contributed by atoms with E-state index in [1.54, 1.807) is 89.3 Å². The number of hydrogen-bond donors (Lipinski definition) is 3. The lowest BCUT2D eigenvalue weighted by atomic mass is 9.85. The number of carbonyl (C=O) groups is 3. The predicted molar refractivity (Wildman–Crippen MR) is 158 cm³/mol. The predicted octanol–water partition coefficient (Wildman–Crippen LogP) is 5.05. The van der Waals surface area contributed by atoms with Crippen molar-refractivity contribution in [1.82, 2.24) is 0 Å². The van der Waals surface area contributed by atoms with Gasteiger partial charge in [0.1, 0.15) is 12.2 Å². The third kappa shape index (κ3) is 12.8. The van der Waals surface area contributed by atoms with Crippen LogP contribution in [-0.2, 0) is 19.1 Å². The Hall–Kier alpha value is -3.13. The molecular weight excluding hydrogens is 508 g/mol. The van der Waals surface area contributed by atoms with E-state index in [1.807, 2.05) is 6.92 Å². The summed E-state index contributed by atoms with van der Waals surface area (Å²) >= 11 is 0. The van der Waals surface area contributed by atoms with Crippen molar-refractivity contribution in [3.8, 4) is 0 Å². The van der Waals surface area contributed by atoms with Gasteiger partial charge >= 0.3 is 5.97 Å². The van der Waals surface area contributed by atoms with Crippen LogP contribution in [0.3, 0.4) is 0 Å². The summed E-state index contributed by atoms with van der Waals surface area (Å²) in [5.41, 5.74) is 1.69. The van der Waals surface area contributed by atoms with Crippen LogP contribution in [0.15, 0.2) is 83.6 Å². The lowest BCUT2D eigenvalue weighted by Crippen LogP contribution is -2.38. The average Bonchev–Trinajstić information content (AvgIpc) is 2.91. The van der Waals surface area contributed by atoms with Gasteiger partial charge in [-0.2, -0.15) is 0 Å². The van der Waals surface area contributed by atoms with Crippen LogP contribution in [0.2, 0.25) is 0 Å². The molecular formula is C33H46O7. The Labute approximate surface area is 239 Å². The molecule has 0 radical (unpaired) electrons. The van der Waals surface area contributed by atoms with E-state index in [9.17, 15) is 29.7 Å².